The number of epoxide rings is 1. The fraction of sp³-hybridized carbons (Fsp3) is 0.231. The van der Waals surface area contributed by atoms with Crippen molar-refractivity contribution >= 4 is 10.8 Å². The SMILES string of the molecule is CC12OC1c1cccc3cccc2c13. The van der Waals surface area contributed by atoms with Crippen molar-refractivity contribution in [2.45, 2.75) is 18.6 Å². The molecule has 2 atom stereocenters. The molecule has 1 nitrogen and oxygen atoms in total. The van der Waals surface area contributed by atoms with Gasteiger partial charge in [0.25, 0.3) is 0 Å². The number of ether oxygens (including phenoxy) is 1. The van der Waals surface area contributed by atoms with Crippen molar-refractivity contribution in [1.29, 1.82) is 0 Å². The van der Waals surface area contributed by atoms with Gasteiger partial charge in [0.2, 0.25) is 0 Å². The summed E-state index contributed by atoms with van der Waals surface area (Å²) in [5, 5.41) is 2.77. The molecule has 2 unspecified atom stereocenters. The second-order valence-corrected chi connectivity index (χ2v) is 4.36. The standard InChI is InChI=1S/C13H10O/c1-13-10-7-3-5-8-4-2-6-9(11(8)10)12(13)14-13/h2-7,12H,1H3. The van der Waals surface area contributed by atoms with Crippen LogP contribution in [0.25, 0.3) is 10.8 Å². The highest BCUT2D eigenvalue weighted by atomic mass is 16.6. The zero-order valence-corrected chi connectivity index (χ0v) is 7.95. The van der Waals surface area contributed by atoms with Gasteiger partial charge in [-0.25, -0.2) is 0 Å². The Bertz CT molecular complexity index is 553. The molecule has 1 saturated heterocycles. The van der Waals surface area contributed by atoms with Crippen LogP contribution in [0.15, 0.2) is 36.4 Å². The Kier molecular flexibility index (Phi) is 0.935. The van der Waals surface area contributed by atoms with Gasteiger partial charge in [-0.05, 0) is 28.8 Å². The molecule has 1 heterocycles. The summed E-state index contributed by atoms with van der Waals surface area (Å²) in [5.41, 5.74) is 2.74. The third-order valence-electron chi connectivity index (χ3n) is 3.56. The average Bonchev–Trinajstić information content (AvgIpc) is 2.84. The quantitative estimate of drug-likeness (QED) is 0.570. The molecule has 2 aliphatic rings. The first kappa shape index (κ1) is 7.02. The van der Waals surface area contributed by atoms with Gasteiger partial charge in [0.1, 0.15) is 11.7 Å². The molecule has 1 heteroatoms. The van der Waals surface area contributed by atoms with E-state index in [9.17, 15) is 0 Å². The Morgan fingerprint density at radius 2 is 1.93 bits per heavy atom. The number of hydrogen-bond donors (Lipinski definition) is 0. The van der Waals surface area contributed by atoms with Crippen molar-refractivity contribution in [3.05, 3.63) is 47.5 Å². The van der Waals surface area contributed by atoms with Crippen molar-refractivity contribution in [3.63, 3.8) is 0 Å². The van der Waals surface area contributed by atoms with Crippen LogP contribution in [0.1, 0.15) is 24.2 Å². The van der Waals surface area contributed by atoms with Gasteiger partial charge in [-0.2, -0.15) is 0 Å². The lowest BCUT2D eigenvalue weighted by molar-refractivity contribution is 0.311. The van der Waals surface area contributed by atoms with Gasteiger partial charge >= 0.3 is 0 Å². The van der Waals surface area contributed by atoms with Crippen LogP contribution >= 0.6 is 0 Å². The normalized spacial score (nSPS) is 31.9. The fourth-order valence-electron chi connectivity index (χ4n) is 2.78. The monoisotopic (exact) mass is 182 g/mol. The van der Waals surface area contributed by atoms with Crippen LogP contribution in [0, 0.1) is 0 Å². The van der Waals surface area contributed by atoms with Crippen LogP contribution < -0.4 is 0 Å². The Hall–Kier alpha value is -1.34. The molecule has 0 saturated carbocycles. The lowest BCUT2D eigenvalue weighted by Crippen LogP contribution is -1.98. The minimum atomic E-state index is -0.0107. The minimum absolute atomic E-state index is 0.0107. The van der Waals surface area contributed by atoms with E-state index in [0.29, 0.717) is 6.10 Å². The van der Waals surface area contributed by atoms with Crippen molar-refractivity contribution in [2.24, 2.45) is 0 Å². The zero-order valence-electron chi connectivity index (χ0n) is 7.95. The summed E-state index contributed by atoms with van der Waals surface area (Å²) in [6.07, 6.45) is 0.323. The molecule has 0 radical (unpaired) electrons. The largest absolute Gasteiger partial charge is 0.356 e. The van der Waals surface area contributed by atoms with Crippen molar-refractivity contribution < 1.29 is 4.74 Å². The van der Waals surface area contributed by atoms with E-state index >= 15 is 0 Å². The van der Waals surface area contributed by atoms with Crippen LogP contribution in [0.5, 0.6) is 0 Å². The molecule has 1 fully saturated rings. The summed E-state index contributed by atoms with van der Waals surface area (Å²) in [5.74, 6) is 0. The molecule has 0 aromatic heterocycles. The van der Waals surface area contributed by atoms with Crippen LogP contribution in [-0.4, -0.2) is 0 Å². The van der Waals surface area contributed by atoms with Gasteiger partial charge in [-0.1, -0.05) is 36.4 Å². The van der Waals surface area contributed by atoms with Gasteiger partial charge in [0.15, 0.2) is 0 Å². The van der Waals surface area contributed by atoms with E-state index in [0.717, 1.165) is 0 Å². The molecule has 1 aliphatic heterocycles. The molecule has 68 valence electrons. The highest BCUT2D eigenvalue weighted by Gasteiger charge is 2.59. The van der Waals surface area contributed by atoms with Crippen LogP contribution in [0.3, 0.4) is 0 Å². The van der Waals surface area contributed by atoms with E-state index in [2.05, 4.69) is 43.3 Å². The third-order valence-corrected chi connectivity index (χ3v) is 3.56. The van der Waals surface area contributed by atoms with Crippen molar-refractivity contribution in [3.8, 4) is 0 Å². The average molecular weight is 182 g/mol. The maximum absolute atomic E-state index is 5.76. The molecule has 0 amide bonds. The van der Waals surface area contributed by atoms with Gasteiger partial charge in [0.05, 0.1) is 0 Å². The lowest BCUT2D eigenvalue weighted by atomic mass is 10.0. The third kappa shape index (κ3) is 0.573. The predicted octanol–water partition coefficient (Wildman–Crippen LogP) is 3.14. The first-order valence-electron chi connectivity index (χ1n) is 5.01. The molecular weight excluding hydrogens is 172 g/mol. The minimum Gasteiger partial charge on any atom is -0.356 e. The predicted molar refractivity (Wildman–Crippen MR) is 55.1 cm³/mol. The molecular formula is C13H10O. The number of benzene rings is 2. The van der Waals surface area contributed by atoms with Gasteiger partial charge < -0.3 is 4.74 Å². The van der Waals surface area contributed by atoms with E-state index in [4.69, 9.17) is 4.74 Å². The molecule has 2 aromatic carbocycles. The molecule has 14 heavy (non-hydrogen) atoms. The number of rotatable bonds is 0. The molecule has 2 aromatic rings. The highest BCUT2D eigenvalue weighted by Crippen LogP contribution is 2.64. The first-order valence-corrected chi connectivity index (χ1v) is 5.01. The second-order valence-electron chi connectivity index (χ2n) is 4.36. The van der Waals surface area contributed by atoms with Gasteiger partial charge in [-0.3, -0.25) is 0 Å². The van der Waals surface area contributed by atoms with Crippen molar-refractivity contribution in [2.75, 3.05) is 0 Å². The first-order chi connectivity index (χ1) is 6.81. The summed E-state index contributed by atoms with van der Waals surface area (Å²) in [4.78, 5) is 0. The zero-order chi connectivity index (χ0) is 9.34. The molecule has 0 N–H and O–H groups in total. The van der Waals surface area contributed by atoms with E-state index < -0.39 is 0 Å². The Balaban J connectivity index is 2.27. The number of fused-ring (bicyclic) bond motifs is 3. The van der Waals surface area contributed by atoms with E-state index in [-0.39, 0.29) is 5.60 Å². The lowest BCUT2D eigenvalue weighted by Gasteiger charge is -2.06. The molecule has 4 rings (SSSR count). The van der Waals surface area contributed by atoms with Crippen LogP contribution in [0.2, 0.25) is 0 Å². The molecule has 0 spiro atoms. The van der Waals surface area contributed by atoms with E-state index in [1.165, 1.54) is 21.9 Å². The maximum Gasteiger partial charge on any atom is 0.122 e. The van der Waals surface area contributed by atoms with Gasteiger partial charge in [0, 0.05) is 0 Å². The Labute approximate surface area is 82.3 Å². The highest BCUT2D eigenvalue weighted by molar-refractivity contribution is 5.93. The number of hydrogen-bond acceptors (Lipinski definition) is 1. The Morgan fingerprint density at radius 1 is 1.14 bits per heavy atom. The summed E-state index contributed by atoms with van der Waals surface area (Å²) in [7, 11) is 0. The smallest absolute Gasteiger partial charge is 0.122 e. The fourth-order valence-corrected chi connectivity index (χ4v) is 2.78. The topological polar surface area (TPSA) is 12.5 Å². The summed E-state index contributed by atoms with van der Waals surface area (Å²) < 4.78 is 5.76. The van der Waals surface area contributed by atoms with E-state index in [1.54, 1.807) is 0 Å². The van der Waals surface area contributed by atoms with E-state index in [1.807, 2.05) is 0 Å². The van der Waals surface area contributed by atoms with Crippen LogP contribution in [0.4, 0.5) is 0 Å². The summed E-state index contributed by atoms with van der Waals surface area (Å²) >= 11 is 0. The molecule has 0 bridgehead atoms. The van der Waals surface area contributed by atoms with Crippen molar-refractivity contribution in [1.82, 2.24) is 0 Å². The summed E-state index contributed by atoms with van der Waals surface area (Å²) in [6.45, 7) is 2.19. The van der Waals surface area contributed by atoms with Crippen LogP contribution in [-0.2, 0) is 10.3 Å². The summed E-state index contributed by atoms with van der Waals surface area (Å²) in [6, 6.07) is 13.0. The van der Waals surface area contributed by atoms with Gasteiger partial charge in [-0.15, -0.1) is 0 Å². The maximum atomic E-state index is 5.76. The molecule has 1 aliphatic carbocycles. The Morgan fingerprint density at radius 3 is 2.79 bits per heavy atom. The second kappa shape index (κ2) is 1.86.